The number of amides is 1. The van der Waals surface area contributed by atoms with Crippen molar-refractivity contribution in [1.82, 2.24) is 9.88 Å². The van der Waals surface area contributed by atoms with Crippen LogP contribution in [0.15, 0.2) is 42.6 Å². The van der Waals surface area contributed by atoms with E-state index >= 15 is 0 Å². The first kappa shape index (κ1) is 21.2. The number of carbonyl (C=O) groups is 2. The lowest BCUT2D eigenvalue weighted by molar-refractivity contribution is -0.119. The molecule has 0 saturated carbocycles. The van der Waals surface area contributed by atoms with Crippen molar-refractivity contribution in [2.45, 2.75) is 32.6 Å². The van der Waals surface area contributed by atoms with Gasteiger partial charge in [0.15, 0.2) is 6.61 Å². The quantitative estimate of drug-likeness (QED) is 0.727. The third kappa shape index (κ3) is 6.52. The van der Waals surface area contributed by atoms with Gasteiger partial charge in [-0.05, 0) is 43.7 Å². The number of ether oxygens (including phenoxy) is 2. The number of carbonyl (C=O) groups excluding carboxylic acids is 2. The highest BCUT2D eigenvalue weighted by atomic mass is 35.5. The van der Waals surface area contributed by atoms with E-state index in [1.807, 2.05) is 12.1 Å². The maximum absolute atomic E-state index is 12.2. The zero-order chi connectivity index (χ0) is 20.8. The molecule has 2 atom stereocenters. The first-order valence-corrected chi connectivity index (χ1v) is 9.82. The SMILES string of the molecule is CC1CN(Cc2ccc(C(=O)OCC(=O)Nc3ccc(Cl)cn3)cc2)CC(C)O1. The molecule has 1 aliphatic heterocycles. The second-order valence-electron chi connectivity index (χ2n) is 7.13. The van der Waals surface area contributed by atoms with Crippen molar-refractivity contribution in [3.05, 3.63) is 58.7 Å². The Hall–Kier alpha value is -2.48. The van der Waals surface area contributed by atoms with Crippen LogP contribution in [0.4, 0.5) is 5.82 Å². The summed E-state index contributed by atoms with van der Waals surface area (Å²) in [6.45, 7) is 6.30. The average Bonchev–Trinajstić information content (AvgIpc) is 2.68. The summed E-state index contributed by atoms with van der Waals surface area (Å²) >= 11 is 5.74. The monoisotopic (exact) mass is 417 g/mol. The molecule has 0 aliphatic carbocycles. The van der Waals surface area contributed by atoms with Crippen LogP contribution < -0.4 is 5.32 Å². The maximum Gasteiger partial charge on any atom is 0.338 e. The van der Waals surface area contributed by atoms with E-state index in [1.54, 1.807) is 24.3 Å². The molecule has 2 unspecified atom stereocenters. The highest BCUT2D eigenvalue weighted by Gasteiger charge is 2.22. The number of hydrogen-bond donors (Lipinski definition) is 1. The van der Waals surface area contributed by atoms with E-state index in [0.717, 1.165) is 25.2 Å². The molecular weight excluding hydrogens is 394 g/mol. The molecule has 1 amide bonds. The van der Waals surface area contributed by atoms with Gasteiger partial charge in [0.25, 0.3) is 5.91 Å². The fourth-order valence-corrected chi connectivity index (χ4v) is 3.37. The van der Waals surface area contributed by atoms with Gasteiger partial charge in [0.05, 0.1) is 22.8 Å². The van der Waals surface area contributed by atoms with Crippen molar-refractivity contribution in [2.24, 2.45) is 0 Å². The molecule has 1 N–H and O–H groups in total. The molecular formula is C21H24ClN3O4. The molecule has 0 spiro atoms. The molecule has 2 heterocycles. The largest absolute Gasteiger partial charge is 0.452 e. The molecule has 1 aromatic carbocycles. The normalized spacial score (nSPS) is 19.6. The molecule has 29 heavy (non-hydrogen) atoms. The number of halogens is 1. The summed E-state index contributed by atoms with van der Waals surface area (Å²) in [7, 11) is 0. The Morgan fingerprint density at radius 2 is 1.86 bits per heavy atom. The lowest BCUT2D eigenvalue weighted by Crippen LogP contribution is -2.44. The van der Waals surface area contributed by atoms with E-state index in [-0.39, 0.29) is 12.2 Å². The molecule has 1 saturated heterocycles. The van der Waals surface area contributed by atoms with Gasteiger partial charge < -0.3 is 14.8 Å². The van der Waals surface area contributed by atoms with Gasteiger partial charge in [-0.1, -0.05) is 23.7 Å². The number of nitrogens with zero attached hydrogens (tertiary/aromatic N) is 2. The minimum absolute atomic E-state index is 0.210. The first-order valence-electron chi connectivity index (χ1n) is 9.44. The predicted octanol–water partition coefficient (Wildman–Crippen LogP) is 3.14. The maximum atomic E-state index is 12.2. The van der Waals surface area contributed by atoms with Gasteiger partial charge in [-0.2, -0.15) is 0 Å². The minimum Gasteiger partial charge on any atom is -0.452 e. The molecule has 0 radical (unpaired) electrons. The first-order chi connectivity index (χ1) is 13.9. The number of benzene rings is 1. The van der Waals surface area contributed by atoms with Gasteiger partial charge in [0.1, 0.15) is 5.82 Å². The van der Waals surface area contributed by atoms with E-state index in [4.69, 9.17) is 21.1 Å². The number of aromatic nitrogens is 1. The summed E-state index contributed by atoms with van der Waals surface area (Å²) in [5.74, 6) is -0.684. The third-order valence-electron chi connectivity index (χ3n) is 4.42. The summed E-state index contributed by atoms with van der Waals surface area (Å²) in [6, 6.07) is 10.4. The number of anilines is 1. The van der Waals surface area contributed by atoms with Crippen molar-refractivity contribution in [3.63, 3.8) is 0 Å². The summed E-state index contributed by atoms with van der Waals surface area (Å²) in [5.41, 5.74) is 1.50. The topological polar surface area (TPSA) is 80.8 Å². The third-order valence-corrected chi connectivity index (χ3v) is 4.64. The van der Waals surface area contributed by atoms with Gasteiger partial charge >= 0.3 is 5.97 Å². The number of nitrogens with one attached hydrogen (secondary N) is 1. The summed E-state index contributed by atoms with van der Waals surface area (Å²) < 4.78 is 10.8. The summed E-state index contributed by atoms with van der Waals surface area (Å²) in [6.07, 6.45) is 1.84. The van der Waals surface area contributed by atoms with Crippen LogP contribution in [-0.4, -0.2) is 53.7 Å². The number of esters is 1. The molecule has 3 rings (SSSR count). The van der Waals surface area contributed by atoms with E-state index in [1.165, 1.54) is 6.20 Å². The van der Waals surface area contributed by atoms with Crippen LogP contribution in [0.25, 0.3) is 0 Å². The molecule has 8 heteroatoms. The van der Waals surface area contributed by atoms with Crippen LogP contribution in [0.3, 0.4) is 0 Å². The Morgan fingerprint density at radius 1 is 1.17 bits per heavy atom. The van der Waals surface area contributed by atoms with Crippen LogP contribution >= 0.6 is 11.6 Å². The van der Waals surface area contributed by atoms with E-state index < -0.39 is 18.5 Å². The van der Waals surface area contributed by atoms with Gasteiger partial charge in [0, 0.05) is 25.8 Å². The fourth-order valence-electron chi connectivity index (χ4n) is 3.26. The molecule has 154 valence electrons. The van der Waals surface area contributed by atoms with E-state index in [0.29, 0.717) is 16.4 Å². The molecule has 1 fully saturated rings. The number of morpholine rings is 1. The van der Waals surface area contributed by atoms with Crippen LogP contribution in [0, 0.1) is 0 Å². The van der Waals surface area contributed by atoms with Crippen LogP contribution in [0.2, 0.25) is 5.02 Å². The van der Waals surface area contributed by atoms with E-state index in [2.05, 4.69) is 29.0 Å². The van der Waals surface area contributed by atoms with Crippen molar-refractivity contribution in [2.75, 3.05) is 25.0 Å². The van der Waals surface area contributed by atoms with Crippen molar-refractivity contribution in [1.29, 1.82) is 0 Å². The number of rotatable bonds is 6. The summed E-state index contributed by atoms with van der Waals surface area (Å²) in [4.78, 5) is 30.3. The smallest absolute Gasteiger partial charge is 0.338 e. The van der Waals surface area contributed by atoms with Gasteiger partial charge in [-0.25, -0.2) is 9.78 Å². The van der Waals surface area contributed by atoms with Gasteiger partial charge in [-0.3, -0.25) is 9.69 Å². The van der Waals surface area contributed by atoms with Crippen LogP contribution in [-0.2, 0) is 20.8 Å². The second kappa shape index (κ2) is 9.82. The predicted molar refractivity (Wildman–Crippen MR) is 110 cm³/mol. The fraction of sp³-hybridized carbons (Fsp3) is 0.381. The molecule has 0 bridgehead atoms. The number of pyridine rings is 1. The highest BCUT2D eigenvalue weighted by Crippen LogP contribution is 2.15. The number of hydrogen-bond acceptors (Lipinski definition) is 6. The van der Waals surface area contributed by atoms with Gasteiger partial charge in [0.2, 0.25) is 0 Å². The zero-order valence-corrected chi connectivity index (χ0v) is 17.2. The lowest BCUT2D eigenvalue weighted by Gasteiger charge is -2.35. The second-order valence-corrected chi connectivity index (χ2v) is 7.57. The minimum atomic E-state index is -0.551. The lowest BCUT2D eigenvalue weighted by atomic mass is 10.1. The Kier molecular flexibility index (Phi) is 7.19. The average molecular weight is 418 g/mol. The van der Waals surface area contributed by atoms with Crippen LogP contribution in [0.5, 0.6) is 0 Å². The Morgan fingerprint density at radius 3 is 2.48 bits per heavy atom. The summed E-state index contributed by atoms with van der Waals surface area (Å²) in [5, 5.41) is 3.00. The van der Waals surface area contributed by atoms with Crippen molar-refractivity contribution in [3.8, 4) is 0 Å². The Bertz CT molecular complexity index is 832. The zero-order valence-electron chi connectivity index (χ0n) is 16.4. The molecule has 1 aliphatic rings. The Labute approximate surface area is 175 Å². The van der Waals surface area contributed by atoms with Crippen molar-refractivity contribution < 1.29 is 19.1 Å². The molecule has 1 aromatic heterocycles. The molecule has 7 nitrogen and oxygen atoms in total. The van der Waals surface area contributed by atoms with Gasteiger partial charge in [-0.15, -0.1) is 0 Å². The Balaban J connectivity index is 1.47. The van der Waals surface area contributed by atoms with Crippen molar-refractivity contribution >= 4 is 29.3 Å². The highest BCUT2D eigenvalue weighted by molar-refractivity contribution is 6.30. The van der Waals surface area contributed by atoms with Crippen LogP contribution in [0.1, 0.15) is 29.8 Å². The van der Waals surface area contributed by atoms with E-state index in [9.17, 15) is 9.59 Å². The standard InChI is InChI=1S/C21H24ClN3O4/c1-14-10-25(11-15(2)29-14)12-16-3-5-17(6-4-16)21(27)28-13-20(26)24-19-8-7-18(22)9-23-19/h3-9,14-15H,10-13H2,1-2H3,(H,23,24,26). The molecule has 2 aromatic rings.